The number of aryl methyl sites for hydroxylation is 1. The Labute approximate surface area is 341 Å². The first-order valence-electron chi connectivity index (χ1n) is 20.3. The second-order valence-corrected chi connectivity index (χ2v) is 25.2. The molecule has 269 valence electrons. The van der Waals surface area contributed by atoms with Gasteiger partial charge < -0.3 is 9.40 Å². The van der Waals surface area contributed by atoms with Gasteiger partial charge in [0.05, 0.1) is 6.95 Å². The van der Waals surface area contributed by atoms with Crippen LogP contribution in [-0.4, -0.2) is 23.2 Å². The van der Waals surface area contributed by atoms with Crippen molar-refractivity contribution in [1.82, 2.24) is 9.97 Å². The molecular weight excluding hydrogens is 897 g/mol. The summed E-state index contributed by atoms with van der Waals surface area (Å²) in [5.74, 6) is 6.45. The van der Waals surface area contributed by atoms with E-state index in [1.165, 1.54) is 4.40 Å². The predicted octanol–water partition coefficient (Wildman–Crippen LogP) is 12.9. The van der Waals surface area contributed by atoms with E-state index in [1.54, 1.807) is 24.3 Å². The fourth-order valence-electron chi connectivity index (χ4n) is 6.97. The van der Waals surface area contributed by atoms with E-state index >= 15 is 0 Å². The number of hydrogen-bond acceptors (Lipinski definition) is 3. The number of rotatable bonds is 5. The average Bonchev–Trinajstić information content (AvgIpc) is 3.57. The number of fused-ring (bicyclic) bond motifs is 6. The van der Waals surface area contributed by atoms with Crippen LogP contribution in [0.5, 0.6) is 0 Å². The summed E-state index contributed by atoms with van der Waals surface area (Å²) >= 11 is -2.03. The van der Waals surface area contributed by atoms with Gasteiger partial charge in [-0.1, -0.05) is 83.7 Å². The Kier molecular flexibility index (Phi) is 9.02. The molecule has 0 fully saturated rings. The summed E-state index contributed by atoms with van der Waals surface area (Å²) in [4.78, 5) is 9.16. The largest absolute Gasteiger partial charge is 0.501 e. The van der Waals surface area contributed by atoms with Crippen LogP contribution in [0.1, 0.15) is 37.7 Å². The van der Waals surface area contributed by atoms with Crippen molar-refractivity contribution in [3.05, 3.63) is 163 Å². The molecule has 0 aliphatic carbocycles. The molecule has 9 rings (SSSR count). The van der Waals surface area contributed by atoms with Crippen molar-refractivity contribution in [2.45, 2.75) is 43.9 Å². The SMILES string of the molecule is [2H]C(C)(C)c1cc(-c2[c-]cccc2)nc[c]1[Ge]([CH3])([CH3])[CH3].[2H]c1nc(-c2[c-]ccc3c2oc2cc4c(ccc5ccccc54)cc23)cc(C([2H])([2H])[2H])c1-c1ccccc1.[Ir]. The van der Waals surface area contributed by atoms with Crippen LogP contribution < -0.4 is 4.40 Å². The molecule has 0 N–H and O–H groups in total. The van der Waals surface area contributed by atoms with Gasteiger partial charge in [0.15, 0.2) is 0 Å². The van der Waals surface area contributed by atoms with E-state index in [1.807, 2.05) is 80.7 Å². The molecule has 0 bridgehead atoms. The van der Waals surface area contributed by atoms with Crippen LogP contribution >= 0.6 is 0 Å². The van der Waals surface area contributed by atoms with Crippen LogP contribution in [0.25, 0.3) is 77.1 Å². The number of nitrogens with zero attached hydrogens (tertiary/aromatic N) is 2. The van der Waals surface area contributed by atoms with Crippen molar-refractivity contribution < 1.29 is 31.4 Å². The van der Waals surface area contributed by atoms with Gasteiger partial charge in [-0.3, -0.25) is 0 Å². The molecule has 0 saturated heterocycles. The zero-order valence-corrected chi connectivity index (χ0v) is 35.3. The first kappa shape index (κ1) is 31.5. The third-order valence-corrected chi connectivity index (χ3v) is 13.9. The Morgan fingerprint density at radius 3 is 2.26 bits per heavy atom. The molecule has 0 unspecified atom stereocenters. The van der Waals surface area contributed by atoms with Gasteiger partial charge >= 0.3 is 120 Å². The maximum absolute atomic E-state index is 8.70. The first-order chi connectivity index (χ1) is 27.6. The van der Waals surface area contributed by atoms with E-state index in [2.05, 4.69) is 81.8 Å². The maximum Gasteiger partial charge on any atom is 0.121 e. The fraction of sp³-hybridized carbons (Fsp3) is 0.143. The molecular formula is C49H42GeIrN2O-2. The molecule has 54 heavy (non-hydrogen) atoms. The van der Waals surface area contributed by atoms with Crippen LogP contribution in [0, 0.1) is 19.0 Å². The van der Waals surface area contributed by atoms with E-state index in [0.29, 0.717) is 28.0 Å². The molecule has 0 atom stereocenters. The molecule has 3 nitrogen and oxygen atoms in total. The van der Waals surface area contributed by atoms with E-state index < -0.39 is 26.0 Å². The van der Waals surface area contributed by atoms with E-state index in [9.17, 15) is 0 Å². The van der Waals surface area contributed by atoms with Crippen LogP contribution in [-0.2, 0) is 20.1 Å². The van der Waals surface area contributed by atoms with Crippen LogP contribution in [0.4, 0.5) is 0 Å². The summed E-state index contributed by atoms with van der Waals surface area (Å²) in [5.41, 5.74) is 6.24. The molecule has 1 radical (unpaired) electrons. The minimum Gasteiger partial charge on any atom is -0.501 e. The monoisotopic (exact) mass is 946 g/mol. The second kappa shape index (κ2) is 15.5. The third-order valence-electron chi connectivity index (χ3n) is 9.69. The third kappa shape index (κ3) is 7.31. The van der Waals surface area contributed by atoms with Gasteiger partial charge in [0.2, 0.25) is 0 Å². The summed E-state index contributed by atoms with van der Waals surface area (Å²) < 4.78 is 49.5. The summed E-state index contributed by atoms with van der Waals surface area (Å²) in [5, 5.41) is 6.37. The van der Waals surface area contributed by atoms with Crippen LogP contribution in [0.3, 0.4) is 0 Å². The zero-order valence-electron chi connectivity index (χ0n) is 35.8. The Balaban J connectivity index is 0.000000214. The smallest absolute Gasteiger partial charge is 0.121 e. The van der Waals surface area contributed by atoms with Crippen LogP contribution in [0.2, 0.25) is 17.3 Å². The van der Waals surface area contributed by atoms with Crippen molar-refractivity contribution in [3.8, 4) is 33.6 Å². The van der Waals surface area contributed by atoms with E-state index in [0.717, 1.165) is 54.7 Å². The van der Waals surface area contributed by atoms with Crippen molar-refractivity contribution >= 4 is 61.1 Å². The normalized spacial score (nSPS) is 13.3. The fourth-order valence-corrected chi connectivity index (χ4v) is 10.3. The van der Waals surface area contributed by atoms with E-state index in [-0.39, 0.29) is 31.8 Å². The summed E-state index contributed by atoms with van der Waals surface area (Å²) in [6.45, 7) is 1.48. The van der Waals surface area contributed by atoms with Gasteiger partial charge in [0.1, 0.15) is 5.58 Å². The van der Waals surface area contributed by atoms with Gasteiger partial charge in [-0.25, -0.2) is 0 Å². The number of aromatic nitrogens is 2. The summed E-state index contributed by atoms with van der Waals surface area (Å²) in [6.07, 6.45) is 1.90. The molecule has 9 aromatic rings. The molecule has 0 amide bonds. The quantitative estimate of drug-likeness (QED) is 0.0980. The molecule has 3 heterocycles. The molecule has 0 saturated carbocycles. The minimum absolute atomic E-state index is 0. The van der Waals surface area contributed by atoms with Gasteiger partial charge in [-0.05, 0) is 57.4 Å². The molecule has 5 heteroatoms. The van der Waals surface area contributed by atoms with Crippen LogP contribution in [0.15, 0.2) is 144 Å². The Morgan fingerprint density at radius 1 is 0.722 bits per heavy atom. The van der Waals surface area contributed by atoms with Gasteiger partial charge in [0.25, 0.3) is 0 Å². The van der Waals surface area contributed by atoms with Crippen molar-refractivity contribution in [2.24, 2.45) is 0 Å². The maximum atomic E-state index is 8.70. The molecule has 0 spiro atoms. The van der Waals surface area contributed by atoms with Gasteiger partial charge in [-0.2, -0.15) is 0 Å². The predicted molar refractivity (Wildman–Crippen MR) is 227 cm³/mol. The molecule has 3 aromatic heterocycles. The van der Waals surface area contributed by atoms with Crippen molar-refractivity contribution in [1.29, 1.82) is 0 Å². The molecule has 0 aliphatic heterocycles. The number of benzene rings is 6. The molecule has 0 aliphatic rings. The minimum atomic E-state index is -2.43. The van der Waals surface area contributed by atoms with Gasteiger partial charge in [-0.15, -0.1) is 18.2 Å². The second-order valence-electron chi connectivity index (χ2n) is 14.6. The summed E-state index contributed by atoms with van der Waals surface area (Å²) in [7, 11) is 0. The first-order valence-corrected chi connectivity index (χ1v) is 25.2. The Bertz CT molecular complexity index is 2970. The van der Waals surface area contributed by atoms with Crippen molar-refractivity contribution in [2.75, 3.05) is 0 Å². The average molecular weight is 945 g/mol. The Hall–Kier alpha value is -4.87. The topological polar surface area (TPSA) is 38.9 Å². The van der Waals surface area contributed by atoms with Gasteiger partial charge in [0, 0.05) is 41.3 Å². The summed E-state index contributed by atoms with van der Waals surface area (Å²) in [6, 6.07) is 47.4. The van der Waals surface area contributed by atoms with Crippen molar-refractivity contribution in [3.63, 3.8) is 0 Å². The molecule has 6 aromatic carbocycles. The number of hydrogen-bond donors (Lipinski definition) is 0. The number of furan rings is 1. The zero-order chi connectivity index (χ0) is 41.0. The number of pyridine rings is 2. The van der Waals surface area contributed by atoms with E-state index in [4.69, 9.17) is 11.3 Å². The Morgan fingerprint density at radius 2 is 1.50 bits per heavy atom. The standard InChI is InChI=1S/C32H20NO.C17H22GeN.Ir/c1-20-16-30(33-19-29(20)21-8-3-2-4-9-21)26-13-7-12-25-28-17-23-15-14-22-10-5-6-11-24(22)27(23)18-31(28)34-32(25)26;1-13(2)15-11-17(14-9-7-6-8-10-14)19-12-16(15)18(3,4)5;/h2-12,14-19H,1H3;6-9,11-13H,1-5H3;/q2*-1;/i1D3,19D;13D;.